The fourth-order valence-corrected chi connectivity index (χ4v) is 2.46. The van der Waals surface area contributed by atoms with Crippen molar-refractivity contribution in [2.75, 3.05) is 25.2 Å². The van der Waals surface area contributed by atoms with Crippen molar-refractivity contribution in [1.82, 2.24) is 5.32 Å². The Labute approximate surface area is 126 Å². The average Bonchev–Trinajstić information content (AvgIpc) is 3.27. The van der Waals surface area contributed by atoms with Crippen LogP contribution in [0.1, 0.15) is 31.7 Å². The minimum Gasteiger partial charge on any atom is -0.490 e. The Bertz CT molecular complexity index is 407. The molecule has 1 saturated carbocycles. The van der Waals surface area contributed by atoms with Crippen LogP contribution in [0.15, 0.2) is 18.2 Å². The smallest absolute Gasteiger partial charge is 0.165 e. The van der Waals surface area contributed by atoms with Gasteiger partial charge in [0.25, 0.3) is 0 Å². The lowest BCUT2D eigenvalue weighted by Crippen LogP contribution is -2.16. The van der Waals surface area contributed by atoms with Gasteiger partial charge in [-0.15, -0.1) is 0 Å². The summed E-state index contributed by atoms with van der Waals surface area (Å²) in [5, 5.41) is 3.54. The largest absolute Gasteiger partial charge is 0.490 e. The number of hydrogen-bond acceptors (Lipinski definition) is 4. The topological polar surface area (TPSA) is 30.5 Å². The molecule has 0 heterocycles. The van der Waals surface area contributed by atoms with Crippen LogP contribution < -0.4 is 14.8 Å². The van der Waals surface area contributed by atoms with E-state index in [0.717, 1.165) is 36.8 Å². The van der Waals surface area contributed by atoms with Gasteiger partial charge in [0.05, 0.1) is 13.2 Å². The number of rotatable bonds is 10. The van der Waals surface area contributed by atoms with E-state index in [1.54, 1.807) is 0 Å². The van der Waals surface area contributed by atoms with E-state index >= 15 is 0 Å². The van der Waals surface area contributed by atoms with E-state index in [0.29, 0.717) is 12.6 Å². The fourth-order valence-electron chi connectivity index (χ4n) is 2.05. The van der Waals surface area contributed by atoms with Gasteiger partial charge >= 0.3 is 0 Å². The summed E-state index contributed by atoms with van der Waals surface area (Å²) >= 11 is 1.85. The minimum atomic E-state index is 0.667. The Morgan fingerprint density at radius 2 is 2.15 bits per heavy atom. The van der Waals surface area contributed by atoms with Crippen LogP contribution in [0.4, 0.5) is 0 Å². The molecule has 1 aliphatic rings. The van der Waals surface area contributed by atoms with Crippen LogP contribution in [-0.2, 0) is 6.54 Å². The van der Waals surface area contributed by atoms with E-state index < -0.39 is 0 Å². The third-order valence-corrected chi connectivity index (χ3v) is 3.95. The van der Waals surface area contributed by atoms with Crippen LogP contribution >= 0.6 is 11.8 Å². The first-order chi connectivity index (χ1) is 9.85. The zero-order valence-corrected chi connectivity index (χ0v) is 13.3. The molecule has 0 aromatic heterocycles. The number of thioether (sulfide) groups is 1. The molecule has 1 fully saturated rings. The summed E-state index contributed by atoms with van der Waals surface area (Å²) in [5.74, 6) is 2.92. The summed E-state index contributed by atoms with van der Waals surface area (Å²) in [6.45, 7) is 4.29. The molecule has 1 aliphatic carbocycles. The van der Waals surface area contributed by atoms with Crippen molar-refractivity contribution in [3.8, 4) is 11.5 Å². The van der Waals surface area contributed by atoms with Crippen LogP contribution in [0.3, 0.4) is 0 Å². The molecule has 20 heavy (non-hydrogen) atoms. The predicted molar refractivity (Wildman–Crippen MR) is 86.0 cm³/mol. The van der Waals surface area contributed by atoms with E-state index in [9.17, 15) is 0 Å². The molecule has 0 unspecified atom stereocenters. The maximum Gasteiger partial charge on any atom is 0.165 e. The molecule has 0 spiro atoms. The molecule has 1 aromatic carbocycles. The lowest BCUT2D eigenvalue weighted by molar-refractivity contribution is 0.274. The molecular formula is C16H25NO2S. The van der Waals surface area contributed by atoms with Crippen molar-refractivity contribution in [1.29, 1.82) is 0 Å². The highest BCUT2D eigenvalue weighted by Crippen LogP contribution is 2.32. The first kappa shape index (κ1) is 15.5. The fraction of sp³-hybridized carbons (Fsp3) is 0.625. The molecule has 0 saturated heterocycles. The molecular weight excluding hydrogens is 270 g/mol. The molecule has 0 aliphatic heterocycles. The number of nitrogens with one attached hydrogen (secondary N) is 1. The third kappa shape index (κ3) is 4.91. The van der Waals surface area contributed by atoms with Crippen LogP contribution in [0.5, 0.6) is 11.5 Å². The Morgan fingerprint density at radius 1 is 1.30 bits per heavy atom. The van der Waals surface area contributed by atoms with Crippen LogP contribution in [0.25, 0.3) is 0 Å². The van der Waals surface area contributed by atoms with Crippen LogP contribution in [0, 0.1) is 0 Å². The van der Waals surface area contributed by atoms with Crippen molar-refractivity contribution in [3.63, 3.8) is 0 Å². The quantitative estimate of drug-likeness (QED) is 0.670. The van der Waals surface area contributed by atoms with Crippen molar-refractivity contribution in [3.05, 3.63) is 23.8 Å². The van der Waals surface area contributed by atoms with Gasteiger partial charge in [0.1, 0.15) is 0 Å². The van der Waals surface area contributed by atoms with Crippen LogP contribution in [-0.4, -0.2) is 31.3 Å². The molecule has 112 valence electrons. The Morgan fingerprint density at radius 3 is 2.85 bits per heavy atom. The van der Waals surface area contributed by atoms with Gasteiger partial charge in [0, 0.05) is 18.2 Å². The third-order valence-electron chi connectivity index (χ3n) is 3.26. The molecule has 3 nitrogen and oxygen atoms in total. The highest BCUT2D eigenvalue weighted by Gasteiger charge is 2.21. The maximum absolute atomic E-state index is 6.00. The summed E-state index contributed by atoms with van der Waals surface area (Å²) in [5.41, 5.74) is 1.20. The standard InChI is InChI=1S/C16H25NO2S/c1-3-18-15-7-4-6-13(12-17-14-8-9-14)16(15)19-10-5-11-20-2/h4,6-7,14,17H,3,5,8-12H2,1-2H3. The average molecular weight is 295 g/mol. The molecule has 1 N–H and O–H groups in total. The van der Waals surface area contributed by atoms with Crippen molar-refractivity contribution in [2.45, 2.75) is 38.8 Å². The summed E-state index contributed by atoms with van der Waals surface area (Å²) in [6, 6.07) is 6.87. The molecule has 0 atom stereocenters. The number of para-hydroxylation sites is 1. The number of ether oxygens (including phenoxy) is 2. The summed E-state index contributed by atoms with van der Waals surface area (Å²) in [7, 11) is 0. The predicted octanol–water partition coefficient (Wildman–Crippen LogP) is 3.47. The highest BCUT2D eigenvalue weighted by molar-refractivity contribution is 7.98. The monoisotopic (exact) mass is 295 g/mol. The normalized spacial score (nSPS) is 14.3. The van der Waals surface area contributed by atoms with Crippen molar-refractivity contribution >= 4 is 11.8 Å². The van der Waals surface area contributed by atoms with Gasteiger partial charge < -0.3 is 14.8 Å². The van der Waals surface area contributed by atoms with Crippen molar-refractivity contribution < 1.29 is 9.47 Å². The number of hydrogen-bond donors (Lipinski definition) is 1. The van der Waals surface area contributed by atoms with Gasteiger partial charge in [0.15, 0.2) is 11.5 Å². The second kappa shape index (κ2) is 8.42. The molecule has 4 heteroatoms. The van der Waals surface area contributed by atoms with Gasteiger partial charge in [-0.25, -0.2) is 0 Å². The van der Waals surface area contributed by atoms with E-state index in [2.05, 4.69) is 17.6 Å². The zero-order valence-electron chi connectivity index (χ0n) is 12.5. The Kier molecular flexibility index (Phi) is 6.54. The van der Waals surface area contributed by atoms with Gasteiger partial charge in [-0.2, -0.15) is 11.8 Å². The lowest BCUT2D eigenvalue weighted by Gasteiger charge is -2.16. The lowest BCUT2D eigenvalue weighted by atomic mass is 10.2. The SMILES string of the molecule is CCOc1cccc(CNC2CC2)c1OCCCSC. The van der Waals surface area contributed by atoms with Crippen molar-refractivity contribution in [2.24, 2.45) is 0 Å². The van der Waals surface area contributed by atoms with E-state index in [-0.39, 0.29) is 0 Å². The first-order valence-electron chi connectivity index (χ1n) is 7.45. The Hall–Kier alpha value is -0.870. The molecule has 0 amide bonds. The van der Waals surface area contributed by atoms with Gasteiger partial charge in [-0.05, 0) is 44.3 Å². The van der Waals surface area contributed by atoms with Gasteiger partial charge in [-0.1, -0.05) is 12.1 Å². The molecule has 2 rings (SSSR count). The maximum atomic E-state index is 6.00. The minimum absolute atomic E-state index is 0.667. The van der Waals surface area contributed by atoms with E-state index in [1.165, 1.54) is 18.4 Å². The summed E-state index contributed by atoms with van der Waals surface area (Å²) < 4.78 is 11.7. The van der Waals surface area contributed by atoms with Gasteiger partial charge in [0.2, 0.25) is 0 Å². The zero-order chi connectivity index (χ0) is 14.2. The molecule has 0 bridgehead atoms. The van der Waals surface area contributed by atoms with E-state index in [4.69, 9.17) is 9.47 Å². The number of benzene rings is 1. The summed E-state index contributed by atoms with van der Waals surface area (Å²) in [4.78, 5) is 0. The second-order valence-corrected chi connectivity index (χ2v) is 6.01. The second-order valence-electron chi connectivity index (χ2n) is 5.03. The summed E-state index contributed by atoms with van der Waals surface area (Å²) in [6.07, 6.45) is 5.79. The van der Waals surface area contributed by atoms with Crippen LogP contribution in [0.2, 0.25) is 0 Å². The first-order valence-corrected chi connectivity index (χ1v) is 8.84. The molecule has 0 radical (unpaired) electrons. The van der Waals surface area contributed by atoms with Gasteiger partial charge in [-0.3, -0.25) is 0 Å². The Balaban J connectivity index is 2.00. The molecule has 1 aromatic rings. The highest BCUT2D eigenvalue weighted by atomic mass is 32.2. The van der Waals surface area contributed by atoms with E-state index in [1.807, 2.05) is 30.8 Å².